The van der Waals surface area contributed by atoms with Gasteiger partial charge in [-0.05, 0) is 13.8 Å². The third kappa shape index (κ3) is 3.70. The van der Waals surface area contributed by atoms with Gasteiger partial charge in [-0.15, -0.1) is 0 Å². The first kappa shape index (κ1) is 16.4. The highest BCUT2D eigenvalue weighted by atomic mass is 32.2. The third-order valence-electron chi connectivity index (χ3n) is 3.01. The predicted octanol–water partition coefficient (Wildman–Crippen LogP) is 0.189. The Hall–Kier alpha value is -1.61. The molecule has 0 saturated heterocycles. The van der Waals surface area contributed by atoms with Gasteiger partial charge >= 0.3 is 16.2 Å². The van der Waals surface area contributed by atoms with Gasteiger partial charge in [-0.2, -0.15) is 17.8 Å². The number of esters is 1. The van der Waals surface area contributed by atoms with Crippen LogP contribution in [0.2, 0.25) is 0 Å². The number of hydrogen-bond donors (Lipinski definition) is 1. The van der Waals surface area contributed by atoms with Crippen LogP contribution >= 0.6 is 0 Å². The fourth-order valence-electron chi connectivity index (χ4n) is 1.60. The summed E-state index contributed by atoms with van der Waals surface area (Å²) < 4.78 is 33.9. The first-order chi connectivity index (χ1) is 9.19. The van der Waals surface area contributed by atoms with Crippen molar-refractivity contribution in [1.29, 1.82) is 0 Å². The van der Waals surface area contributed by atoms with Crippen LogP contribution < -0.4 is 4.72 Å². The van der Waals surface area contributed by atoms with Gasteiger partial charge in [-0.25, -0.2) is 0 Å². The number of rotatable bonds is 6. The van der Waals surface area contributed by atoms with Gasteiger partial charge in [0.2, 0.25) is 0 Å². The Morgan fingerprint density at radius 2 is 2.05 bits per heavy atom. The molecule has 0 aliphatic rings. The van der Waals surface area contributed by atoms with Crippen LogP contribution in [-0.4, -0.2) is 49.2 Å². The second-order valence-electron chi connectivity index (χ2n) is 4.42. The van der Waals surface area contributed by atoms with Gasteiger partial charge in [0.25, 0.3) is 0 Å². The van der Waals surface area contributed by atoms with Crippen molar-refractivity contribution in [3.63, 3.8) is 0 Å². The molecular formula is C11H20N4O4S. The van der Waals surface area contributed by atoms with E-state index in [1.165, 1.54) is 14.2 Å². The summed E-state index contributed by atoms with van der Waals surface area (Å²) in [5.74, 6) is -0.458. The summed E-state index contributed by atoms with van der Waals surface area (Å²) in [6.07, 6.45) is -0.00108. The SMILES string of the molecule is COC(=O)CCN(C)S(=O)(=O)Nc1c(C)nn(C)c1C. The maximum absolute atomic E-state index is 12.1. The second-order valence-corrected chi connectivity index (χ2v) is 6.20. The summed E-state index contributed by atoms with van der Waals surface area (Å²) in [5, 5.41) is 4.14. The van der Waals surface area contributed by atoms with Crippen LogP contribution in [0.1, 0.15) is 17.8 Å². The Bertz CT molecular complexity index is 594. The van der Waals surface area contributed by atoms with Crippen molar-refractivity contribution >= 4 is 21.9 Å². The standard InChI is InChI=1S/C11H20N4O4S/c1-8-11(9(2)15(4)12-8)13-20(17,18)14(3)7-6-10(16)19-5/h13H,6-7H2,1-5H3. The van der Waals surface area contributed by atoms with Gasteiger partial charge in [0.15, 0.2) is 0 Å². The number of aryl methyl sites for hydroxylation is 2. The highest BCUT2D eigenvalue weighted by Crippen LogP contribution is 2.20. The molecular weight excluding hydrogens is 284 g/mol. The Morgan fingerprint density at radius 3 is 2.50 bits per heavy atom. The minimum atomic E-state index is -3.73. The van der Waals surface area contributed by atoms with E-state index in [1.807, 2.05) is 0 Å². The van der Waals surface area contributed by atoms with Gasteiger partial charge in [0, 0.05) is 20.6 Å². The van der Waals surface area contributed by atoms with Gasteiger partial charge in [-0.1, -0.05) is 0 Å². The maximum Gasteiger partial charge on any atom is 0.306 e. The molecule has 0 atom stereocenters. The van der Waals surface area contributed by atoms with Crippen molar-refractivity contribution in [3.05, 3.63) is 11.4 Å². The first-order valence-electron chi connectivity index (χ1n) is 6.00. The molecule has 1 heterocycles. The molecule has 20 heavy (non-hydrogen) atoms. The molecule has 8 nitrogen and oxygen atoms in total. The molecule has 0 aromatic carbocycles. The Morgan fingerprint density at radius 1 is 1.45 bits per heavy atom. The van der Waals surface area contributed by atoms with E-state index in [2.05, 4.69) is 14.6 Å². The molecule has 0 spiro atoms. The summed E-state index contributed by atoms with van der Waals surface area (Å²) in [6, 6.07) is 0. The monoisotopic (exact) mass is 304 g/mol. The summed E-state index contributed by atoms with van der Waals surface area (Å²) in [7, 11) is 0.667. The number of methoxy groups -OCH3 is 1. The molecule has 0 fully saturated rings. The van der Waals surface area contributed by atoms with Crippen LogP contribution in [0.3, 0.4) is 0 Å². The highest BCUT2D eigenvalue weighted by Gasteiger charge is 2.22. The van der Waals surface area contributed by atoms with Crippen LogP contribution in [0, 0.1) is 13.8 Å². The van der Waals surface area contributed by atoms with E-state index in [4.69, 9.17) is 0 Å². The summed E-state index contributed by atoms with van der Waals surface area (Å²) in [6.45, 7) is 3.53. The summed E-state index contributed by atoms with van der Waals surface area (Å²) >= 11 is 0. The topological polar surface area (TPSA) is 93.5 Å². The number of aromatic nitrogens is 2. The molecule has 1 aromatic rings. The molecule has 0 aliphatic carbocycles. The molecule has 0 radical (unpaired) electrons. The van der Waals surface area contributed by atoms with Gasteiger partial charge in [0.1, 0.15) is 0 Å². The largest absolute Gasteiger partial charge is 0.469 e. The summed E-state index contributed by atoms with van der Waals surface area (Å²) in [5.41, 5.74) is 1.76. The van der Waals surface area contributed by atoms with Crippen LogP contribution in [0.15, 0.2) is 0 Å². The Balaban J connectivity index is 2.81. The fraction of sp³-hybridized carbons (Fsp3) is 0.636. The molecule has 1 rings (SSSR count). The molecule has 1 N–H and O–H groups in total. The van der Waals surface area contributed by atoms with E-state index in [0.717, 1.165) is 4.31 Å². The van der Waals surface area contributed by atoms with Gasteiger partial charge in [-0.3, -0.25) is 14.2 Å². The number of nitrogens with zero attached hydrogens (tertiary/aromatic N) is 3. The number of carbonyl (C=O) groups is 1. The van der Waals surface area contributed by atoms with E-state index in [1.54, 1.807) is 25.6 Å². The van der Waals surface area contributed by atoms with Crippen molar-refractivity contribution in [2.24, 2.45) is 7.05 Å². The summed E-state index contributed by atoms with van der Waals surface area (Å²) in [4.78, 5) is 11.0. The normalized spacial score (nSPS) is 11.7. The number of carbonyl (C=O) groups excluding carboxylic acids is 1. The zero-order valence-electron chi connectivity index (χ0n) is 12.3. The average Bonchev–Trinajstić information content (AvgIpc) is 2.61. The molecule has 0 amide bonds. The molecule has 114 valence electrons. The van der Waals surface area contributed by atoms with Crippen LogP contribution in [0.5, 0.6) is 0 Å². The minimum Gasteiger partial charge on any atom is -0.469 e. The van der Waals surface area contributed by atoms with Crippen molar-refractivity contribution in [2.75, 3.05) is 25.4 Å². The van der Waals surface area contributed by atoms with Crippen molar-refractivity contribution < 1.29 is 17.9 Å². The molecule has 0 aliphatic heterocycles. The number of nitrogens with one attached hydrogen (secondary N) is 1. The Kier molecular flexibility index (Phi) is 5.12. The van der Waals surface area contributed by atoms with Crippen LogP contribution in [0.25, 0.3) is 0 Å². The van der Waals surface area contributed by atoms with Crippen LogP contribution in [-0.2, 0) is 26.8 Å². The zero-order chi connectivity index (χ0) is 15.5. The van der Waals surface area contributed by atoms with Gasteiger partial charge < -0.3 is 4.74 Å². The molecule has 9 heteroatoms. The molecule has 0 bridgehead atoms. The van der Waals surface area contributed by atoms with E-state index in [9.17, 15) is 13.2 Å². The second kappa shape index (κ2) is 6.23. The third-order valence-corrected chi connectivity index (χ3v) is 4.47. The van der Waals surface area contributed by atoms with Crippen molar-refractivity contribution in [1.82, 2.24) is 14.1 Å². The molecule has 1 aromatic heterocycles. The lowest BCUT2D eigenvalue weighted by Crippen LogP contribution is -2.34. The average molecular weight is 304 g/mol. The minimum absolute atomic E-state index is 0.00108. The lowest BCUT2D eigenvalue weighted by atomic mass is 10.3. The van der Waals surface area contributed by atoms with Crippen molar-refractivity contribution in [2.45, 2.75) is 20.3 Å². The molecule has 0 saturated carbocycles. The smallest absolute Gasteiger partial charge is 0.306 e. The number of anilines is 1. The van der Waals surface area contributed by atoms with E-state index in [0.29, 0.717) is 17.1 Å². The fourth-order valence-corrected chi connectivity index (χ4v) is 2.64. The zero-order valence-corrected chi connectivity index (χ0v) is 13.1. The van der Waals surface area contributed by atoms with E-state index >= 15 is 0 Å². The lowest BCUT2D eigenvalue weighted by molar-refractivity contribution is -0.140. The predicted molar refractivity (Wildman–Crippen MR) is 74.5 cm³/mol. The van der Waals surface area contributed by atoms with Gasteiger partial charge in [0.05, 0.1) is 30.6 Å². The highest BCUT2D eigenvalue weighted by molar-refractivity contribution is 7.90. The number of ether oxygens (including phenoxy) is 1. The molecule has 0 unspecified atom stereocenters. The van der Waals surface area contributed by atoms with Crippen LogP contribution in [0.4, 0.5) is 5.69 Å². The van der Waals surface area contributed by atoms with E-state index < -0.39 is 16.2 Å². The Labute approximate surface area is 118 Å². The maximum atomic E-state index is 12.1. The quantitative estimate of drug-likeness (QED) is 0.757. The first-order valence-corrected chi connectivity index (χ1v) is 7.44. The number of hydrogen-bond acceptors (Lipinski definition) is 5. The van der Waals surface area contributed by atoms with E-state index in [-0.39, 0.29) is 13.0 Å². The van der Waals surface area contributed by atoms with Crippen molar-refractivity contribution in [3.8, 4) is 0 Å². The lowest BCUT2D eigenvalue weighted by Gasteiger charge is -2.17.